The summed E-state index contributed by atoms with van der Waals surface area (Å²) in [6, 6.07) is 5.39. The van der Waals surface area contributed by atoms with Gasteiger partial charge in [-0.25, -0.2) is 13.1 Å². The minimum Gasteiger partial charge on any atom is -0.497 e. The normalized spacial score (nSPS) is 11.5. The smallest absolute Gasteiger partial charge is 0.244 e. The minimum absolute atomic E-state index is 0.0395. The predicted molar refractivity (Wildman–Crippen MR) is 100 cm³/mol. The molecule has 5 nitrogen and oxygen atoms in total. The summed E-state index contributed by atoms with van der Waals surface area (Å²) >= 11 is 16.0. The van der Waals surface area contributed by atoms with Crippen LogP contribution in [-0.2, 0) is 16.4 Å². The van der Waals surface area contributed by atoms with Crippen LogP contribution < -0.4 is 14.2 Å². The maximum absolute atomic E-state index is 12.4. The Kier molecular flexibility index (Phi) is 6.81. The maximum atomic E-state index is 12.4. The molecule has 2 aromatic rings. The molecule has 0 fully saturated rings. The molecule has 0 bridgehead atoms. The van der Waals surface area contributed by atoms with Crippen molar-refractivity contribution in [2.75, 3.05) is 20.8 Å². The van der Waals surface area contributed by atoms with Crippen LogP contribution in [0.2, 0.25) is 8.67 Å². The van der Waals surface area contributed by atoms with Crippen LogP contribution in [0.15, 0.2) is 27.6 Å². The van der Waals surface area contributed by atoms with Crippen LogP contribution in [0, 0.1) is 0 Å². The molecular weight excluding hydrogens is 461 g/mol. The third kappa shape index (κ3) is 4.56. The van der Waals surface area contributed by atoms with Crippen LogP contribution in [0.1, 0.15) is 5.56 Å². The Labute approximate surface area is 163 Å². The molecule has 2 rings (SSSR count). The molecule has 0 aliphatic heterocycles. The average molecular weight is 475 g/mol. The second kappa shape index (κ2) is 8.25. The van der Waals surface area contributed by atoms with E-state index < -0.39 is 10.0 Å². The number of benzene rings is 1. The van der Waals surface area contributed by atoms with Gasteiger partial charge < -0.3 is 9.47 Å². The quantitative estimate of drug-likeness (QED) is 0.647. The van der Waals surface area contributed by atoms with E-state index in [9.17, 15) is 8.42 Å². The largest absolute Gasteiger partial charge is 0.497 e. The molecule has 0 saturated carbocycles. The zero-order valence-corrected chi connectivity index (χ0v) is 17.5. The van der Waals surface area contributed by atoms with E-state index in [4.69, 9.17) is 32.7 Å². The molecule has 1 aromatic heterocycles. The van der Waals surface area contributed by atoms with Gasteiger partial charge in [0.1, 0.15) is 25.1 Å². The fraction of sp³-hybridized carbons (Fsp3) is 0.286. The Hall–Kier alpha value is -0.510. The highest BCUT2D eigenvalue weighted by atomic mass is 79.9. The van der Waals surface area contributed by atoms with Gasteiger partial charge in [0.2, 0.25) is 10.0 Å². The van der Waals surface area contributed by atoms with E-state index >= 15 is 0 Å². The maximum Gasteiger partial charge on any atom is 0.244 e. The van der Waals surface area contributed by atoms with Crippen molar-refractivity contribution >= 4 is 60.5 Å². The van der Waals surface area contributed by atoms with Crippen molar-refractivity contribution in [3.8, 4) is 11.5 Å². The number of sulfonamides is 1. The van der Waals surface area contributed by atoms with E-state index in [1.807, 2.05) is 12.1 Å². The molecule has 1 heterocycles. The van der Waals surface area contributed by atoms with Crippen LogP contribution in [0.4, 0.5) is 0 Å². The Morgan fingerprint density at radius 1 is 1.12 bits per heavy atom. The van der Waals surface area contributed by atoms with Gasteiger partial charge in [0.25, 0.3) is 0 Å². The number of halogens is 3. The molecule has 1 N–H and O–H groups in total. The number of hydrogen-bond donors (Lipinski definition) is 1. The van der Waals surface area contributed by atoms with Crippen LogP contribution in [0.25, 0.3) is 0 Å². The number of ether oxygens (including phenoxy) is 2. The second-order valence-corrected chi connectivity index (χ2v) is 9.38. The summed E-state index contributed by atoms with van der Waals surface area (Å²) in [5, 5.41) is 0. The fourth-order valence-electron chi connectivity index (χ4n) is 1.98. The summed E-state index contributed by atoms with van der Waals surface area (Å²) in [7, 11) is -0.654. The Morgan fingerprint density at radius 2 is 1.71 bits per heavy atom. The van der Waals surface area contributed by atoms with Crippen molar-refractivity contribution in [1.82, 2.24) is 4.72 Å². The van der Waals surface area contributed by atoms with Crippen LogP contribution >= 0.6 is 50.5 Å². The van der Waals surface area contributed by atoms with Gasteiger partial charge in [-0.05, 0) is 40.0 Å². The summed E-state index contributed by atoms with van der Waals surface area (Å²) in [4.78, 5) is -0.0395. The average Bonchev–Trinajstić information content (AvgIpc) is 2.79. The number of hydrogen-bond acceptors (Lipinski definition) is 5. The Morgan fingerprint density at radius 3 is 2.17 bits per heavy atom. The molecule has 0 atom stereocenters. The van der Waals surface area contributed by atoms with Crippen molar-refractivity contribution in [3.05, 3.63) is 36.9 Å². The minimum atomic E-state index is -3.77. The molecule has 0 unspecified atom stereocenters. The zero-order valence-electron chi connectivity index (χ0n) is 12.7. The molecule has 0 spiro atoms. The number of thiophene rings is 1. The Balaban J connectivity index is 2.11. The lowest BCUT2D eigenvalue weighted by molar-refractivity contribution is 0.393. The SMILES string of the molecule is COc1cc(CCNS(=O)(=O)c2c(Cl)sc(Cl)c2Br)cc(OC)c1. The van der Waals surface area contributed by atoms with Crippen molar-refractivity contribution in [2.24, 2.45) is 0 Å². The molecular formula is C14H14BrCl2NO4S2. The van der Waals surface area contributed by atoms with Crippen molar-refractivity contribution in [2.45, 2.75) is 11.3 Å². The van der Waals surface area contributed by atoms with Crippen LogP contribution in [0.3, 0.4) is 0 Å². The van der Waals surface area contributed by atoms with Crippen molar-refractivity contribution in [1.29, 1.82) is 0 Å². The van der Waals surface area contributed by atoms with E-state index in [1.165, 1.54) is 0 Å². The number of methoxy groups -OCH3 is 2. The Bertz CT molecular complexity index is 817. The van der Waals surface area contributed by atoms with Gasteiger partial charge >= 0.3 is 0 Å². The highest BCUT2D eigenvalue weighted by Crippen LogP contribution is 2.42. The van der Waals surface area contributed by atoms with Gasteiger partial charge in [-0.3, -0.25) is 0 Å². The summed E-state index contributed by atoms with van der Waals surface area (Å²) in [5.41, 5.74) is 0.877. The molecule has 1 aromatic carbocycles. The summed E-state index contributed by atoms with van der Waals surface area (Å²) in [6.45, 7) is 0.189. The first-order chi connectivity index (χ1) is 11.3. The standard InChI is InChI=1S/C14H14BrCl2NO4S2/c1-21-9-5-8(6-10(7-9)22-2)3-4-18-24(19,20)12-11(15)13(16)23-14(12)17/h5-7,18H,3-4H2,1-2H3. The lowest BCUT2D eigenvalue weighted by atomic mass is 10.1. The van der Waals surface area contributed by atoms with Gasteiger partial charge in [0.15, 0.2) is 0 Å². The summed E-state index contributed by atoms with van der Waals surface area (Å²) < 4.78 is 38.4. The topological polar surface area (TPSA) is 64.6 Å². The third-order valence-corrected chi connectivity index (χ3v) is 8.04. The molecule has 0 aliphatic carbocycles. The third-order valence-electron chi connectivity index (χ3n) is 3.12. The van der Waals surface area contributed by atoms with E-state index in [0.29, 0.717) is 17.9 Å². The summed E-state index contributed by atoms with van der Waals surface area (Å²) in [5.74, 6) is 1.28. The molecule has 10 heteroatoms. The van der Waals surface area contributed by atoms with E-state index in [1.54, 1.807) is 20.3 Å². The summed E-state index contributed by atoms with van der Waals surface area (Å²) in [6.07, 6.45) is 0.458. The van der Waals surface area contributed by atoms with Crippen LogP contribution in [0.5, 0.6) is 11.5 Å². The van der Waals surface area contributed by atoms with Crippen LogP contribution in [-0.4, -0.2) is 29.2 Å². The molecule has 0 aliphatic rings. The lowest BCUT2D eigenvalue weighted by Crippen LogP contribution is -2.26. The lowest BCUT2D eigenvalue weighted by Gasteiger charge is -2.10. The highest BCUT2D eigenvalue weighted by Gasteiger charge is 2.25. The first kappa shape index (κ1) is 19.8. The predicted octanol–water partition coefficient (Wildman–Crippen LogP) is 4.36. The van der Waals surface area contributed by atoms with Gasteiger partial charge in [0, 0.05) is 12.6 Å². The molecule has 0 saturated heterocycles. The first-order valence-corrected chi connectivity index (χ1v) is 10.5. The molecule has 0 amide bonds. The number of nitrogens with one attached hydrogen (secondary N) is 1. The highest BCUT2D eigenvalue weighted by molar-refractivity contribution is 9.10. The molecule has 132 valence electrons. The zero-order chi connectivity index (χ0) is 17.9. The molecule has 24 heavy (non-hydrogen) atoms. The van der Waals surface area contributed by atoms with Crippen molar-refractivity contribution < 1.29 is 17.9 Å². The first-order valence-electron chi connectivity index (χ1n) is 6.63. The van der Waals surface area contributed by atoms with Gasteiger partial charge in [0.05, 0.1) is 18.7 Å². The molecule has 0 radical (unpaired) electrons. The van der Waals surface area contributed by atoms with Gasteiger partial charge in [-0.15, -0.1) is 11.3 Å². The monoisotopic (exact) mass is 473 g/mol. The van der Waals surface area contributed by atoms with E-state index in [-0.39, 0.29) is 24.6 Å². The fourth-order valence-corrected chi connectivity index (χ4v) is 6.57. The van der Waals surface area contributed by atoms with E-state index in [2.05, 4.69) is 20.7 Å². The second-order valence-electron chi connectivity index (χ2n) is 4.66. The van der Waals surface area contributed by atoms with Gasteiger partial charge in [-0.1, -0.05) is 23.2 Å². The number of rotatable bonds is 7. The van der Waals surface area contributed by atoms with E-state index in [0.717, 1.165) is 16.9 Å². The van der Waals surface area contributed by atoms with Gasteiger partial charge in [-0.2, -0.15) is 0 Å². The van der Waals surface area contributed by atoms with Crippen molar-refractivity contribution in [3.63, 3.8) is 0 Å².